The molecule has 0 fully saturated rings. The SMILES string of the molecule is Cc1nc(Cl)sc1S(=O)(=O)Nc1cccc(Cl)c1F. The summed E-state index contributed by atoms with van der Waals surface area (Å²) < 4.78 is 40.0. The lowest BCUT2D eigenvalue weighted by molar-refractivity contribution is 0.599. The van der Waals surface area contributed by atoms with Crippen LogP contribution >= 0.6 is 34.5 Å². The molecule has 2 rings (SSSR count). The number of anilines is 1. The molecule has 0 spiro atoms. The van der Waals surface area contributed by atoms with Gasteiger partial charge in [0.2, 0.25) is 0 Å². The zero-order valence-electron chi connectivity index (χ0n) is 9.45. The third-order valence-electron chi connectivity index (χ3n) is 2.17. The molecule has 0 saturated heterocycles. The van der Waals surface area contributed by atoms with E-state index in [0.29, 0.717) is 0 Å². The highest BCUT2D eigenvalue weighted by Crippen LogP contribution is 2.30. The summed E-state index contributed by atoms with van der Waals surface area (Å²) in [5, 5.41) is -0.167. The van der Waals surface area contributed by atoms with Gasteiger partial charge in [0.15, 0.2) is 14.5 Å². The van der Waals surface area contributed by atoms with E-state index in [1.54, 1.807) is 0 Å². The van der Waals surface area contributed by atoms with Crippen molar-refractivity contribution in [3.8, 4) is 0 Å². The van der Waals surface area contributed by atoms with Crippen LogP contribution in [-0.2, 0) is 10.0 Å². The summed E-state index contributed by atoms with van der Waals surface area (Å²) in [6.45, 7) is 1.51. The molecule has 1 aromatic carbocycles. The van der Waals surface area contributed by atoms with Gasteiger partial charge < -0.3 is 0 Å². The standard InChI is InChI=1S/C10H7Cl2FN2O2S2/c1-5-9(18-10(12)14-5)19(16,17)15-7-4-2-3-6(11)8(7)13/h2-4,15H,1H3. The van der Waals surface area contributed by atoms with Crippen molar-refractivity contribution in [3.63, 3.8) is 0 Å². The quantitative estimate of drug-likeness (QED) is 0.926. The summed E-state index contributed by atoms with van der Waals surface area (Å²) in [5.41, 5.74) is 0.0290. The van der Waals surface area contributed by atoms with Crippen LogP contribution in [0.4, 0.5) is 10.1 Å². The molecule has 0 radical (unpaired) electrons. The number of halogens is 3. The normalized spacial score (nSPS) is 11.6. The number of aryl methyl sites for hydroxylation is 1. The maximum absolute atomic E-state index is 13.7. The molecule has 9 heteroatoms. The van der Waals surface area contributed by atoms with Crippen LogP contribution in [-0.4, -0.2) is 13.4 Å². The molecule has 0 bridgehead atoms. The van der Waals surface area contributed by atoms with Crippen molar-refractivity contribution in [2.24, 2.45) is 0 Å². The highest BCUT2D eigenvalue weighted by atomic mass is 35.5. The van der Waals surface area contributed by atoms with Crippen LogP contribution in [0, 0.1) is 12.7 Å². The van der Waals surface area contributed by atoms with Gasteiger partial charge >= 0.3 is 0 Å². The Labute approximate surface area is 123 Å². The predicted molar refractivity (Wildman–Crippen MR) is 74.1 cm³/mol. The van der Waals surface area contributed by atoms with Gasteiger partial charge in [-0.05, 0) is 19.1 Å². The van der Waals surface area contributed by atoms with Gasteiger partial charge in [-0.15, -0.1) is 0 Å². The number of thiazole rings is 1. The second-order valence-electron chi connectivity index (χ2n) is 3.55. The average Bonchev–Trinajstić information content (AvgIpc) is 2.65. The van der Waals surface area contributed by atoms with E-state index < -0.39 is 15.8 Å². The van der Waals surface area contributed by atoms with Crippen molar-refractivity contribution in [2.45, 2.75) is 11.1 Å². The minimum absolute atomic E-state index is 0.0584. The van der Waals surface area contributed by atoms with Gasteiger partial charge in [-0.1, -0.05) is 40.6 Å². The lowest BCUT2D eigenvalue weighted by Gasteiger charge is -2.08. The number of rotatable bonds is 3. The van der Waals surface area contributed by atoms with E-state index in [4.69, 9.17) is 23.2 Å². The number of hydrogen-bond donors (Lipinski definition) is 1. The Morgan fingerprint density at radius 2 is 2.05 bits per heavy atom. The van der Waals surface area contributed by atoms with Crippen LogP contribution in [0.1, 0.15) is 5.69 Å². The van der Waals surface area contributed by atoms with Crippen LogP contribution in [0.5, 0.6) is 0 Å². The minimum atomic E-state index is -3.94. The number of benzene rings is 1. The predicted octanol–water partition coefficient (Wildman–Crippen LogP) is 3.70. The monoisotopic (exact) mass is 340 g/mol. The first-order valence-electron chi connectivity index (χ1n) is 4.91. The van der Waals surface area contributed by atoms with Gasteiger partial charge in [-0.25, -0.2) is 17.8 Å². The van der Waals surface area contributed by atoms with Crippen molar-refractivity contribution >= 4 is 50.2 Å². The van der Waals surface area contributed by atoms with E-state index in [1.807, 2.05) is 0 Å². The second kappa shape index (κ2) is 5.24. The second-order valence-corrected chi connectivity index (χ2v) is 7.41. The smallest absolute Gasteiger partial charge is 0.273 e. The molecule has 0 atom stereocenters. The van der Waals surface area contributed by atoms with Crippen LogP contribution in [0.3, 0.4) is 0 Å². The molecule has 1 N–H and O–H groups in total. The maximum atomic E-state index is 13.7. The first-order valence-corrected chi connectivity index (χ1v) is 7.96. The first-order chi connectivity index (χ1) is 8.81. The number of hydrogen-bond acceptors (Lipinski definition) is 4. The van der Waals surface area contributed by atoms with Crippen LogP contribution in [0.2, 0.25) is 9.49 Å². The molecular formula is C10H7Cl2FN2O2S2. The van der Waals surface area contributed by atoms with E-state index in [2.05, 4.69) is 9.71 Å². The Bertz CT molecular complexity index is 731. The zero-order valence-corrected chi connectivity index (χ0v) is 12.6. The van der Waals surface area contributed by atoms with Gasteiger partial charge in [0, 0.05) is 0 Å². The largest absolute Gasteiger partial charge is 0.276 e. The number of nitrogens with one attached hydrogen (secondary N) is 1. The van der Waals surface area contributed by atoms with Crippen molar-refractivity contribution in [2.75, 3.05) is 4.72 Å². The van der Waals surface area contributed by atoms with Crippen molar-refractivity contribution in [1.29, 1.82) is 0 Å². The van der Waals surface area contributed by atoms with Crippen molar-refractivity contribution in [1.82, 2.24) is 4.98 Å². The lowest BCUT2D eigenvalue weighted by Crippen LogP contribution is -2.13. The van der Waals surface area contributed by atoms with Crippen LogP contribution in [0.25, 0.3) is 0 Å². The molecule has 0 unspecified atom stereocenters. The fourth-order valence-electron chi connectivity index (χ4n) is 1.37. The van der Waals surface area contributed by atoms with Gasteiger partial charge in [0.05, 0.1) is 16.4 Å². The topological polar surface area (TPSA) is 59.1 Å². The summed E-state index contributed by atoms with van der Waals surface area (Å²) in [6, 6.07) is 4.04. The molecule has 0 aliphatic carbocycles. The Morgan fingerprint density at radius 1 is 1.37 bits per heavy atom. The average molecular weight is 341 g/mol. The van der Waals surface area contributed by atoms with E-state index >= 15 is 0 Å². The fourth-order valence-corrected chi connectivity index (χ4v) is 4.35. The molecule has 2 aromatic rings. The molecule has 0 amide bonds. The molecule has 4 nitrogen and oxygen atoms in total. The number of nitrogens with zero attached hydrogens (tertiary/aromatic N) is 1. The number of sulfonamides is 1. The molecular weight excluding hydrogens is 334 g/mol. The zero-order chi connectivity index (χ0) is 14.2. The first kappa shape index (κ1) is 14.5. The fraction of sp³-hybridized carbons (Fsp3) is 0.100. The molecule has 19 heavy (non-hydrogen) atoms. The Kier molecular flexibility index (Phi) is 4.00. The molecule has 0 saturated carbocycles. The van der Waals surface area contributed by atoms with Gasteiger partial charge in [0.1, 0.15) is 0 Å². The minimum Gasteiger partial charge on any atom is -0.276 e. The Morgan fingerprint density at radius 3 is 2.63 bits per heavy atom. The van der Waals surface area contributed by atoms with E-state index in [-0.39, 0.29) is 25.1 Å². The van der Waals surface area contributed by atoms with E-state index in [9.17, 15) is 12.8 Å². The van der Waals surface area contributed by atoms with E-state index in [0.717, 1.165) is 11.3 Å². The Balaban J connectivity index is 2.42. The third kappa shape index (κ3) is 3.00. The van der Waals surface area contributed by atoms with Crippen molar-refractivity contribution < 1.29 is 12.8 Å². The highest BCUT2D eigenvalue weighted by Gasteiger charge is 2.23. The lowest BCUT2D eigenvalue weighted by atomic mass is 10.3. The van der Waals surface area contributed by atoms with Gasteiger partial charge in [-0.3, -0.25) is 4.72 Å². The molecule has 1 heterocycles. The van der Waals surface area contributed by atoms with Crippen LogP contribution < -0.4 is 4.72 Å². The summed E-state index contributed by atoms with van der Waals surface area (Å²) in [7, 11) is -3.94. The summed E-state index contributed by atoms with van der Waals surface area (Å²) in [5.74, 6) is -0.832. The molecule has 0 aliphatic rings. The summed E-state index contributed by atoms with van der Waals surface area (Å²) in [6.07, 6.45) is 0. The molecule has 102 valence electrons. The summed E-state index contributed by atoms with van der Waals surface area (Å²) >= 11 is 12.0. The number of aromatic nitrogens is 1. The van der Waals surface area contributed by atoms with Crippen molar-refractivity contribution in [3.05, 3.63) is 39.2 Å². The highest BCUT2D eigenvalue weighted by molar-refractivity contribution is 7.94. The van der Waals surface area contributed by atoms with Gasteiger partial charge in [-0.2, -0.15) is 0 Å². The van der Waals surface area contributed by atoms with Gasteiger partial charge in [0.25, 0.3) is 10.0 Å². The van der Waals surface area contributed by atoms with E-state index in [1.165, 1.54) is 25.1 Å². The summed E-state index contributed by atoms with van der Waals surface area (Å²) in [4.78, 5) is 3.80. The third-order valence-corrected chi connectivity index (χ3v) is 5.70. The molecule has 0 aliphatic heterocycles. The molecule has 1 aromatic heterocycles. The van der Waals surface area contributed by atoms with Crippen LogP contribution in [0.15, 0.2) is 22.4 Å². The maximum Gasteiger partial charge on any atom is 0.273 e. The Hall–Kier alpha value is -0.890.